The molecule has 2 heterocycles. The second-order valence-electron chi connectivity index (χ2n) is 14.9. The molecule has 0 spiro atoms. The first-order valence-corrected chi connectivity index (χ1v) is 18.2. The maximum absolute atomic E-state index is 15.0. The van der Waals surface area contributed by atoms with Gasteiger partial charge in [0.2, 0.25) is 5.91 Å². The van der Waals surface area contributed by atoms with E-state index in [0.29, 0.717) is 56.1 Å². The highest BCUT2D eigenvalue weighted by atomic mass is 16.6. The Kier molecular flexibility index (Phi) is 11.2. The van der Waals surface area contributed by atoms with Crippen molar-refractivity contribution >= 4 is 35.3 Å². The maximum Gasteiger partial charge on any atom is 0.410 e. The van der Waals surface area contributed by atoms with Crippen molar-refractivity contribution in [2.75, 3.05) is 49.8 Å². The lowest BCUT2D eigenvalue weighted by Gasteiger charge is -2.41. The molecule has 0 bridgehead atoms. The summed E-state index contributed by atoms with van der Waals surface area (Å²) < 4.78 is 16.8. The Morgan fingerprint density at radius 2 is 1.75 bits per heavy atom. The summed E-state index contributed by atoms with van der Waals surface area (Å²) in [5, 5.41) is 9.08. The summed E-state index contributed by atoms with van der Waals surface area (Å²) in [4.78, 5) is 57.7. The van der Waals surface area contributed by atoms with Crippen LogP contribution in [0.1, 0.15) is 69.9 Å². The number of aryl methyl sites for hydroxylation is 1. The number of carboxylic acid groups (broad SMARTS) is 1. The zero-order valence-electron chi connectivity index (χ0n) is 30.5. The lowest BCUT2D eigenvalue weighted by Crippen LogP contribution is -2.51. The Bertz CT molecular complexity index is 1780. The van der Waals surface area contributed by atoms with Crippen LogP contribution in [0.3, 0.4) is 0 Å². The van der Waals surface area contributed by atoms with Crippen LogP contribution in [0, 0.1) is 5.92 Å². The van der Waals surface area contributed by atoms with Crippen LogP contribution in [0.2, 0.25) is 0 Å². The molecule has 11 heteroatoms. The number of methoxy groups -OCH3 is 1. The van der Waals surface area contributed by atoms with E-state index >= 15 is 4.79 Å². The average molecular weight is 712 g/mol. The molecule has 11 nitrogen and oxygen atoms in total. The highest BCUT2D eigenvalue weighted by molar-refractivity contribution is 6.01. The van der Waals surface area contributed by atoms with Crippen LogP contribution in [-0.4, -0.2) is 85.5 Å². The number of carboxylic acids is 1. The van der Waals surface area contributed by atoms with Gasteiger partial charge in [-0.2, -0.15) is 0 Å². The van der Waals surface area contributed by atoms with Gasteiger partial charge >= 0.3 is 12.1 Å². The molecule has 2 atom stereocenters. The van der Waals surface area contributed by atoms with Gasteiger partial charge in [-0.05, 0) is 99.2 Å². The summed E-state index contributed by atoms with van der Waals surface area (Å²) in [6.45, 7) is 7.11. The molecule has 3 aromatic rings. The van der Waals surface area contributed by atoms with E-state index < -0.39 is 23.6 Å². The van der Waals surface area contributed by atoms with Crippen molar-refractivity contribution in [2.45, 2.75) is 76.9 Å². The molecule has 1 N–H and O–H groups in total. The van der Waals surface area contributed by atoms with Gasteiger partial charge in [0.15, 0.2) is 6.61 Å². The third-order valence-corrected chi connectivity index (χ3v) is 9.85. The standard InChI is InChI=1S/C41H49N3O8/c1-41(2,3)52-40(49)42-21-19-33(30-8-5-7-29(23-30)28-12-9-27(10-13-28)11-18-38(46)47)34(25-42)39(48)44(31-14-15-31)32-16-17-36-35(24-32)43(20-6-22-50-4)37(45)26-51-36/h5,7-10,12-13,16-17,23-24,31,33-34H,6,11,14-15,18-22,25-26H2,1-4H3,(H,46,47)/t33-,34+/m1/s1. The monoisotopic (exact) mass is 711 g/mol. The average Bonchev–Trinajstić information content (AvgIpc) is 3.96. The lowest BCUT2D eigenvalue weighted by molar-refractivity contribution is -0.137. The third-order valence-electron chi connectivity index (χ3n) is 9.85. The Labute approximate surface area is 305 Å². The minimum Gasteiger partial charge on any atom is -0.482 e. The fourth-order valence-electron chi connectivity index (χ4n) is 7.14. The van der Waals surface area contributed by atoms with E-state index in [1.54, 1.807) is 16.9 Å². The number of likely N-dealkylation sites (tertiary alicyclic amines) is 1. The van der Waals surface area contributed by atoms with Crippen molar-refractivity contribution in [3.63, 3.8) is 0 Å². The number of amides is 3. The van der Waals surface area contributed by atoms with Crippen LogP contribution in [0.5, 0.6) is 5.75 Å². The minimum absolute atomic E-state index is 0.0104. The molecule has 3 aliphatic rings. The summed E-state index contributed by atoms with van der Waals surface area (Å²) in [6, 6.07) is 21.8. The summed E-state index contributed by atoms with van der Waals surface area (Å²) in [5.41, 5.74) is 4.62. The van der Waals surface area contributed by atoms with E-state index in [9.17, 15) is 14.4 Å². The zero-order valence-corrected chi connectivity index (χ0v) is 30.5. The van der Waals surface area contributed by atoms with Crippen LogP contribution < -0.4 is 14.5 Å². The van der Waals surface area contributed by atoms with Crippen molar-refractivity contribution in [1.82, 2.24) is 4.90 Å². The number of anilines is 2. The molecule has 276 valence electrons. The minimum atomic E-state index is -0.825. The molecule has 2 aliphatic heterocycles. The molecule has 2 fully saturated rings. The third kappa shape index (κ3) is 8.75. The lowest BCUT2D eigenvalue weighted by atomic mass is 9.78. The summed E-state index contributed by atoms with van der Waals surface area (Å²) in [7, 11) is 1.63. The number of piperidine rings is 1. The number of carbonyl (C=O) groups excluding carboxylic acids is 3. The normalized spacial score (nSPS) is 18.7. The fourth-order valence-corrected chi connectivity index (χ4v) is 7.14. The van der Waals surface area contributed by atoms with Crippen molar-refractivity contribution in [1.29, 1.82) is 0 Å². The number of nitrogens with zero attached hydrogens (tertiary/aromatic N) is 3. The molecular formula is C41H49N3O8. The maximum atomic E-state index is 15.0. The topological polar surface area (TPSA) is 126 Å². The van der Waals surface area contributed by atoms with Crippen LogP contribution in [0.25, 0.3) is 11.1 Å². The predicted octanol–water partition coefficient (Wildman–Crippen LogP) is 6.67. The molecule has 1 saturated carbocycles. The zero-order chi connectivity index (χ0) is 37.0. The van der Waals surface area contributed by atoms with E-state index in [1.807, 2.05) is 80.3 Å². The SMILES string of the molecule is COCCCN1C(=O)COc2ccc(N(C(=O)[C@H]3CN(C(=O)OC(C)(C)C)CC[C@@H]3c3cccc(-c4ccc(CCC(=O)O)cc4)c3)C3CC3)cc21. The van der Waals surface area contributed by atoms with Gasteiger partial charge in [-0.15, -0.1) is 0 Å². The number of hydrogen-bond donors (Lipinski definition) is 1. The van der Waals surface area contributed by atoms with Crippen LogP contribution in [-0.2, 0) is 30.3 Å². The number of aliphatic carboxylic acids is 1. The summed E-state index contributed by atoms with van der Waals surface area (Å²) >= 11 is 0. The van der Waals surface area contributed by atoms with Crippen LogP contribution >= 0.6 is 0 Å². The second-order valence-corrected chi connectivity index (χ2v) is 14.9. The van der Waals surface area contributed by atoms with E-state index in [4.69, 9.17) is 19.3 Å². The van der Waals surface area contributed by atoms with Crippen molar-refractivity contribution in [3.05, 3.63) is 77.9 Å². The van der Waals surface area contributed by atoms with Crippen molar-refractivity contribution in [3.8, 4) is 16.9 Å². The Morgan fingerprint density at radius 1 is 0.981 bits per heavy atom. The van der Waals surface area contributed by atoms with Gasteiger partial charge < -0.3 is 34.0 Å². The Morgan fingerprint density at radius 3 is 2.44 bits per heavy atom. The predicted molar refractivity (Wildman–Crippen MR) is 198 cm³/mol. The van der Waals surface area contributed by atoms with Crippen LogP contribution in [0.15, 0.2) is 66.7 Å². The van der Waals surface area contributed by atoms with E-state index in [0.717, 1.165) is 35.1 Å². The quantitative estimate of drug-likeness (QED) is 0.207. The fraction of sp³-hybridized carbons (Fsp3) is 0.463. The molecule has 0 radical (unpaired) electrons. The van der Waals surface area contributed by atoms with Crippen molar-refractivity contribution < 1.29 is 38.5 Å². The summed E-state index contributed by atoms with van der Waals surface area (Å²) in [6.07, 6.45) is 3.07. The van der Waals surface area contributed by atoms with Crippen molar-refractivity contribution in [2.24, 2.45) is 5.92 Å². The molecular weight excluding hydrogens is 662 g/mol. The van der Waals surface area contributed by atoms with Gasteiger partial charge in [0.25, 0.3) is 5.91 Å². The highest BCUT2D eigenvalue weighted by Gasteiger charge is 2.44. The van der Waals surface area contributed by atoms with Gasteiger partial charge in [-0.3, -0.25) is 14.4 Å². The van der Waals surface area contributed by atoms with E-state index in [2.05, 4.69) is 12.1 Å². The largest absolute Gasteiger partial charge is 0.482 e. The number of hydrogen-bond acceptors (Lipinski definition) is 7. The van der Waals surface area contributed by atoms with Gasteiger partial charge in [0.1, 0.15) is 11.4 Å². The molecule has 0 aromatic heterocycles. The van der Waals surface area contributed by atoms with Gasteiger partial charge in [-0.25, -0.2) is 4.79 Å². The first kappa shape index (κ1) is 36.9. The van der Waals surface area contributed by atoms with E-state index in [1.165, 1.54) is 0 Å². The molecule has 6 rings (SSSR count). The molecule has 0 unspecified atom stereocenters. The second kappa shape index (κ2) is 15.8. The smallest absolute Gasteiger partial charge is 0.410 e. The number of carbonyl (C=O) groups is 4. The Hall–Kier alpha value is -4.90. The van der Waals surface area contributed by atoms with Gasteiger partial charge in [0.05, 0.1) is 11.6 Å². The van der Waals surface area contributed by atoms with Crippen LogP contribution in [0.4, 0.5) is 16.2 Å². The molecule has 52 heavy (non-hydrogen) atoms. The first-order chi connectivity index (χ1) is 24.9. The number of benzene rings is 3. The van der Waals surface area contributed by atoms with E-state index in [-0.39, 0.29) is 43.3 Å². The molecule has 3 aromatic carbocycles. The molecule has 3 amide bonds. The highest BCUT2D eigenvalue weighted by Crippen LogP contribution is 2.43. The number of fused-ring (bicyclic) bond motifs is 1. The summed E-state index contributed by atoms with van der Waals surface area (Å²) in [5.74, 6) is -1.16. The first-order valence-electron chi connectivity index (χ1n) is 18.2. The Balaban J connectivity index is 1.32. The molecule has 1 saturated heterocycles. The van der Waals surface area contributed by atoms with Gasteiger partial charge in [-0.1, -0.05) is 48.5 Å². The number of ether oxygens (including phenoxy) is 3. The molecule has 1 aliphatic carbocycles. The number of rotatable bonds is 12. The van der Waals surface area contributed by atoms with Gasteiger partial charge in [0, 0.05) is 51.5 Å².